The Labute approximate surface area is 111 Å². The van der Waals surface area contributed by atoms with Crippen molar-refractivity contribution in [2.45, 2.75) is 25.3 Å². The molecule has 6 nitrogen and oxygen atoms in total. The maximum Gasteiger partial charge on any atom is 0.182 e. The molecule has 0 bridgehead atoms. The summed E-state index contributed by atoms with van der Waals surface area (Å²) >= 11 is 0. The van der Waals surface area contributed by atoms with Crippen LogP contribution in [0.5, 0.6) is 0 Å². The zero-order chi connectivity index (χ0) is 13.2. The van der Waals surface area contributed by atoms with Crippen LogP contribution < -0.4 is 5.73 Å². The molecule has 1 fully saturated rings. The van der Waals surface area contributed by atoms with Crippen molar-refractivity contribution in [1.82, 2.24) is 19.7 Å². The summed E-state index contributed by atoms with van der Waals surface area (Å²) in [5, 5.41) is 17.4. The van der Waals surface area contributed by atoms with Gasteiger partial charge in [-0.05, 0) is 37.3 Å². The number of nitrogen functional groups attached to an aromatic ring is 1. The summed E-state index contributed by atoms with van der Waals surface area (Å²) < 4.78 is 2.05. The Balaban J connectivity index is 1.91. The van der Waals surface area contributed by atoms with E-state index in [2.05, 4.69) is 19.7 Å². The van der Waals surface area contributed by atoms with Crippen LogP contribution in [-0.2, 0) is 0 Å². The SMILES string of the molecule is Nc1cccc(-c2nncn2[C@H]2CCC(CO)C2)n1. The van der Waals surface area contributed by atoms with Crippen molar-refractivity contribution in [3.63, 3.8) is 0 Å². The zero-order valence-electron chi connectivity index (χ0n) is 10.6. The Bertz CT molecular complexity index is 568. The van der Waals surface area contributed by atoms with Crippen LogP contribution in [0.3, 0.4) is 0 Å². The quantitative estimate of drug-likeness (QED) is 0.866. The van der Waals surface area contributed by atoms with Crippen molar-refractivity contribution >= 4 is 5.82 Å². The molecular weight excluding hydrogens is 242 g/mol. The van der Waals surface area contributed by atoms with Crippen LogP contribution in [0.2, 0.25) is 0 Å². The Morgan fingerprint density at radius 1 is 1.37 bits per heavy atom. The average Bonchev–Trinajstić information content (AvgIpc) is 3.07. The molecule has 1 aliphatic carbocycles. The third kappa shape index (κ3) is 2.31. The lowest BCUT2D eigenvalue weighted by molar-refractivity contribution is 0.226. The number of aliphatic hydroxyl groups is 1. The van der Waals surface area contributed by atoms with E-state index >= 15 is 0 Å². The maximum absolute atomic E-state index is 9.23. The molecule has 2 atom stereocenters. The van der Waals surface area contributed by atoms with Gasteiger partial charge in [0.1, 0.15) is 17.8 Å². The number of aliphatic hydroxyl groups excluding tert-OH is 1. The molecule has 19 heavy (non-hydrogen) atoms. The van der Waals surface area contributed by atoms with Crippen LogP contribution >= 0.6 is 0 Å². The minimum Gasteiger partial charge on any atom is -0.396 e. The molecule has 1 unspecified atom stereocenters. The molecule has 0 aromatic carbocycles. The predicted molar refractivity (Wildman–Crippen MR) is 71.1 cm³/mol. The van der Waals surface area contributed by atoms with Crippen LogP contribution in [0.4, 0.5) is 5.82 Å². The topological polar surface area (TPSA) is 89.8 Å². The van der Waals surface area contributed by atoms with E-state index in [4.69, 9.17) is 5.73 Å². The average molecular weight is 259 g/mol. The van der Waals surface area contributed by atoms with E-state index in [1.54, 1.807) is 12.4 Å². The first-order chi connectivity index (χ1) is 9.28. The highest BCUT2D eigenvalue weighted by Gasteiger charge is 2.27. The Kier molecular flexibility index (Phi) is 3.16. The molecule has 2 aromatic heterocycles. The molecule has 100 valence electrons. The monoisotopic (exact) mass is 259 g/mol. The van der Waals surface area contributed by atoms with Gasteiger partial charge in [-0.15, -0.1) is 10.2 Å². The molecule has 0 amide bonds. The molecular formula is C13H17N5O. The lowest BCUT2D eigenvalue weighted by atomic mass is 10.1. The molecule has 1 saturated carbocycles. The third-order valence-electron chi connectivity index (χ3n) is 3.74. The van der Waals surface area contributed by atoms with E-state index in [-0.39, 0.29) is 6.61 Å². The van der Waals surface area contributed by atoms with Gasteiger partial charge in [0.05, 0.1) is 0 Å². The Morgan fingerprint density at radius 2 is 2.26 bits per heavy atom. The van der Waals surface area contributed by atoms with Gasteiger partial charge < -0.3 is 15.4 Å². The van der Waals surface area contributed by atoms with E-state index in [1.165, 1.54) is 0 Å². The number of hydrogen-bond acceptors (Lipinski definition) is 5. The molecule has 3 rings (SSSR count). The van der Waals surface area contributed by atoms with Crippen LogP contribution in [0.15, 0.2) is 24.5 Å². The van der Waals surface area contributed by atoms with Crippen molar-refractivity contribution in [2.24, 2.45) is 5.92 Å². The molecule has 1 aliphatic rings. The number of hydrogen-bond donors (Lipinski definition) is 2. The fraction of sp³-hybridized carbons (Fsp3) is 0.462. The molecule has 3 N–H and O–H groups in total. The summed E-state index contributed by atoms with van der Waals surface area (Å²) in [5.74, 6) is 1.61. The van der Waals surface area contributed by atoms with Gasteiger partial charge in [0.25, 0.3) is 0 Å². The van der Waals surface area contributed by atoms with Gasteiger partial charge in [-0.25, -0.2) is 4.98 Å². The van der Waals surface area contributed by atoms with E-state index in [0.717, 1.165) is 30.8 Å². The van der Waals surface area contributed by atoms with E-state index in [9.17, 15) is 5.11 Å². The summed E-state index contributed by atoms with van der Waals surface area (Å²) in [6.07, 6.45) is 4.79. The van der Waals surface area contributed by atoms with Gasteiger partial charge in [0.15, 0.2) is 5.82 Å². The number of pyridine rings is 1. The molecule has 0 aliphatic heterocycles. The minimum atomic E-state index is 0.254. The highest BCUT2D eigenvalue weighted by molar-refractivity contribution is 5.52. The Morgan fingerprint density at radius 3 is 3.00 bits per heavy atom. The van der Waals surface area contributed by atoms with Gasteiger partial charge in [0, 0.05) is 12.6 Å². The summed E-state index contributed by atoms with van der Waals surface area (Å²) in [5.41, 5.74) is 6.45. The fourth-order valence-electron chi connectivity index (χ4n) is 2.74. The number of rotatable bonds is 3. The maximum atomic E-state index is 9.23. The van der Waals surface area contributed by atoms with Crippen molar-refractivity contribution in [2.75, 3.05) is 12.3 Å². The van der Waals surface area contributed by atoms with E-state index in [1.807, 2.05) is 12.1 Å². The smallest absolute Gasteiger partial charge is 0.182 e. The van der Waals surface area contributed by atoms with E-state index < -0.39 is 0 Å². The number of nitrogens with zero attached hydrogens (tertiary/aromatic N) is 4. The lowest BCUT2D eigenvalue weighted by Crippen LogP contribution is -2.08. The number of nitrogens with two attached hydrogens (primary N) is 1. The normalized spacial score (nSPS) is 22.8. The van der Waals surface area contributed by atoms with Crippen LogP contribution in [-0.4, -0.2) is 31.5 Å². The molecule has 0 radical (unpaired) electrons. The molecule has 2 aromatic rings. The van der Waals surface area contributed by atoms with Gasteiger partial charge in [-0.2, -0.15) is 0 Å². The number of aromatic nitrogens is 4. The first kappa shape index (κ1) is 12.1. The van der Waals surface area contributed by atoms with E-state index in [0.29, 0.717) is 17.8 Å². The largest absolute Gasteiger partial charge is 0.396 e. The molecule has 2 heterocycles. The molecule has 6 heteroatoms. The second kappa shape index (κ2) is 4.97. The second-order valence-corrected chi connectivity index (χ2v) is 5.02. The van der Waals surface area contributed by atoms with Crippen molar-refractivity contribution in [3.05, 3.63) is 24.5 Å². The minimum absolute atomic E-state index is 0.254. The molecule has 0 spiro atoms. The van der Waals surface area contributed by atoms with Crippen molar-refractivity contribution < 1.29 is 5.11 Å². The van der Waals surface area contributed by atoms with Crippen molar-refractivity contribution in [1.29, 1.82) is 0 Å². The Hall–Kier alpha value is -1.95. The summed E-state index contributed by atoms with van der Waals surface area (Å²) in [7, 11) is 0. The first-order valence-corrected chi connectivity index (χ1v) is 6.51. The fourth-order valence-corrected chi connectivity index (χ4v) is 2.74. The molecule has 0 saturated heterocycles. The number of anilines is 1. The van der Waals surface area contributed by atoms with Gasteiger partial charge in [-0.3, -0.25) is 0 Å². The van der Waals surface area contributed by atoms with Crippen molar-refractivity contribution in [3.8, 4) is 11.5 Å². The highest BCUT2D eigenvalue weighted by Crippen LogP contribution is 2.36. The summed E-state index contributed by atoms with van der Waals surface area (Å²) in [6, 6.07) is 5.84. The summed E-state index contributed by atoms with van der Waals surface area (Å²) in [6.45, 7) is 0.254. The van der Waals surface area contributed by atoms with Gasteiger partial charge in [0.2, 0.25) is 0 Å². The van der Waals surface area contributed by atoms with Crippen LogP contribution in [0, 0.1) is 5.92 Å². The van der Waals surface area contributed by atoms with Crippen LogP contribution in [0.1, 0.15) is 25.3 Å². The highest BCUT2D eigenvalue weighted by atomic mass is 16.3. The predicted octanol–water partition coefficient (Wildman–Crippen LogP) is 1.26. The standard InChI is InChI=1S/C13H17N5O/c14-12-3-1-2-11(16-12)13-17-15-8-18(13)10-5-4-9(6-10)7-19/h1-3,8-10,19H,4-7H2,(H2,14,16)/t9?,10-/m0/s1. The summed E-state index contributed by atoms with van der Waals surface area (Å²) in [4.78, 5) is 4.29. The second-order valence-electron chi connectivity index (χ2n) is 5.02. The van der Waals surface area contributed by atoms with Crippen LogP contribution in [0.25, 0.3) is 11.5 Å². The third-order valence-corrected chi connectivity index (χ3v) is 3.74. The first-order valence-electron chi connectivity index (χ1n) is 6.51. The van der Waals surface area contributed by atoms with Gasteiger partial charge >= 0.3 is 0 Å². The lowest BCUT2D eigenvalue weighted by Gasteiger charge is -2.14. The van der Waals surface area contributed by atoms with Gasteiger partial charge in [-0.1, -0.05) is 6.07 Å². The zero-order valence-corrected chi connectivity index (χ0v) is 10.6.